The van der Waals surface area contributed by atoms with E-state index in [-0.39, 0.29) is 17.8 Å². The largest absolute Gasteiger partial charge is 0.388 e. The Morgan fingerprint density at radius 1 is 1.03 bits per heavy atom. The van der Waals surface area contributed by atoms with Gasteiger partial charge in [0.05, 0.1) is 17.3 Å². The van der Waals surface area contributed by atoms with Crippen LogP contribution >= 0.6 is 0 Å². The lowest BCUT2D eigenvalue weighted by molar-refractivity contribution is 0.0646. The number of aliphatic hydroxyl groups is 1. The number of rotatable bonds is 6. The average Bonchev–Trinajstić information content (AvgIpc) is 2.71. The lowest BCUT2D eigenvalue weighted by Crippen LogP contribution is -2.40. The quantitative estimate of drug-likeness (QED) is 0.531. The van der Waals surface area contributed by atoms with Crippen molar-refractivity contribution in [2.75, 3.05) is 15.5 Å². The van der Waals surface area contributed by atoms with Crippen LogP contribution in [-0.4, -0.2) is 32.7 Å². The van der Waals surface area contributed by atoms with E-state index >= 15 is 0 Å². The highest BCUT2D eigenvalue weighted by molar-refractivity contribution is 6.06. The Morgan fingerprint density at radius 2 is 1.61 bits per heavy atom. The van der Waals surface area contributed by atoms with E-state index in [1.807, 2.05) is 0 Å². The van der Waals surface area contributed by atoms with Gasteiger partial charge in [-0.25, -0.2) is 23.5 Å². The van der Waals surface area contributed by atoms with E-state index in [1.54, 1.807) is 20.8 Å². The van der Waals surface area contributed by atoms with Gasteiger partial charge in [0.2, 0.25) is 5.95 Å². The zero-order chi connectivity index (χ0) is 22.6. The summed E-state index contributed by atoms with van der Waals surface area (Å²) in [5, 5.41) is 15.8. The molecule has 3 aromatic rings. The standard InChI is InChI=1S/C22H23F2N5O2/c1-14(22(2,3)31)26-20-25-13-12-19(28-20)29(18-10-6-16(24)7-11-18)21(30)27-17-8-4-15(23)5-9-17/h4-14,31H,1-3H3,(H,27,30)(H,25,26,28). The van der Waals surface area contributed by atoms with E-state index in [9.17, 15) is 18.7 Å². The minimum Gasteiger partial charge on any atom is -0.388 e. The SMILES string of the molecule is CC(Nc1nccc(N(C(=O)Nc2ccc(F)cc2)c2ccc(F)cc2)n1)C(C)(C)O. The van der Waals surface area contributed by atoms with Gasteiger partial charge in [0.1, 0.15) is 17.5 Å². The van der Waals surface area contributed by atoms with Gasteiger partial charge in [-0.05, 0) is 69.3 Å². The van der Waals surface area contributed by atoms with Crippen LogP contribution in [0.4, 0.5) is 36.7 Å². The summed E-state index contributed by atoms with van der Waals surface area (Å²) in [5.41, 5.74) is -0.293. The molecule has 0 bridgehead atoms. The van der Waals surface area contributed by atoms with Crippen LogP contribution in [-0.2, 0) is 0 Å². The summed E-state index contributed by atoms with van der Waals surface area (Å²) in [5.74, 6) is -0.465. The molecule has 0 aliphatic carbocycles. The van der Waals surface area contributed by atoms with Crippen molar-refractivity contribution in [3.63, 3.8) is 0 Å². The number of nitrogens with one attached hydrogen (secondary N) is 2. The minimum atomic E-state index is -1.03. The highest BCUT2D eigenvalue weighted by Crippen LogP contribution is 2.26. The Bertz CT molecular complexity index is 1040. The van der Waals surface area contributed by atoms with Crippen LogP contribution in [0.3, 0.4) is 0 Å². The fraction of sp³-hybridized carbons (Fsp3) is 0.227. The Hall–Kier alpha value is -3.59. The maximum absolute atomic E-state index is 13.4. The molecular formula is C22H23F2N5O2. The summed E-state index contributed by atoms with van der Waals surface area (Å²) in [6.07, 6.45) is 1.46. The number of carbonyl (C=O) groups excluding carboxylic acids is 1. The predicted octanol–water partition coefficient (Wildman–Crippen LogP) is 4.70. The highest BCUT2D eigenvalue weighted by Gasteiger charge is 2.24. The predicted molar refractivity (Wildman–Crippen MR) is 115 cm³/mol. The molecule has 2 aromatic carbocycles. The fourth-order valence-electron chi connectivity index (χ4n) is 2.57. The van der Waals surface area contributed by atoms with Crippen molar-refractivity contribution in [1.29, 1.82) is 0 Å². The van der Waals surface area contributed by atoms with Crippen LogP contribution in [0.2, 0.25) is 0 Å². The van der Waals surface area contributed by atoms with E-state index in [4.69, 9.17) is 0 Å². The van der Waals surface area contributed by atoms with Gasteiger partial charge in [-0.3, -0.25) is 0 Å². The number of nitrogens with zero attached hydrogens (tertiary/aromatic N) is 3. The molecule has 1 atom stereocenters. The first-order valence-corrected chi connectivity index (χ1v) is 9.57. The van der Waals surface area contributed by atoms with Crippen LogP contribution in [0.5, 0.6) is 0 Å². The second kappa shape index (κ2) is 9.05. The Morgan fingerprint density at radius 3 is 2.19 bits per heavy atom. The van der Waals surface area contributed by atoms with Crippen molar-refractivity contribution < 1.29 is 18.7 Å². The van der Waals surface area contributed by atoms with Crippen LogP contribution < -0.4 is 15.5 Å². The maximum Gasteiger partial charge on any atom is 0.332 e. The first-order chi connectivity index (χ1) is 14.6. The van der Waals surface area contributed by atoms with E-state index < -0.39 is 23.3 Å². The Balaban J connectivity index is 1.94. The summed E-state index contributed by atoms with van der Waals surface area (Å²) >= 11 is 0. The van der Waals surface area contributed by atoms with Gasteiger partial charge in [-0.1, -0.05) is 0 Å². The summed E-state index contributed by atoms with van der Waals surface area (Å²) in [4.78, 5) is 22.8. The number of carbonyl (C=O) groups is 1. The number of aromatic nitrogens is 2. The summed E-state index contributed by atoms with van der Waals surface area (Å²) in [6, 6.07) is 11.2. The van der Waals surface area contributed by atoms with Crippen molar-refractivity contribution in [2.45, 2.75) is 32.4 Å². The Labute approximate surface area is 178 Å². The molecular weight excluding hydrogens is 404 g/mol. The molecule has 0 saturated carbocycles. The van der Waals surface area contributed by atoms with Gasteiger partial charge >= 0.3 is 6.03 Å². The normalized spacial score (nSPS) is 12.2. The smallest absolute Gasteiger partial charge is 0.332 e. The van der Waals surface area contributed by atoms with Gasteiger partial charge in [0.15, 0.2) is 0 Å². The van der Waals surface area contributed by atoms with Crippen LogP contribution in [0, 0.1) is 11.6 Å². The molecule has 0 fully saturated rings. The monoisotopic (exact) mass is 427 g/mol. The number of halogens is 2. The minimum absolute atomic E-state index is 0.203. The molecule has 162 valence electrons. The van der Waals surface area contributed by atoms with Crippen molar-refractivity contribution in [1.82, 2.24) is 9.97 Å². The van der Waals surface area contributed by atoms with Crippen molar-refractivity contribution in [2.24, 2.45) is 0 Å². The van der Waals surface area contributed by atoms with Gasteiger partial charge in [0, 0.05) is 18.0 Å². The summed E-state index contributed by atoms with van der Waals surface area (Å²) in [7, 11) is 0. The van der Waals surface area contributed by atoms with Crippen molar-refractivity contribution >= 4 is 29.2 Å². The van der Waals surface area contributed by atoms with E-state index in [0.717, 1.165) is 0 Å². The zero-order valence-electron chi connectivity index (χ0n) is 17.3. The van der Waals surface area contributed by atoms with Gasteiger partial charge in [-0.2, -0.15) is 4.98 Å². The van der Waals surface area contributed by atoms with Gasteiger partial charge < -0.3 is 15.7 Å². The lowest BCUT2D eigenvalue weighted by atomic mass is 10.0. The molecule has 9 heteroatoms. The molecule has 0 spiro atoms. The lowest BCUT2D eigenvalue weighted by Gasteiger charge is -2.27. The molecule has 3 N–H and O–H groups in total. The third-order valence-electron chi connectivity index (χ3n) is 4.66. The fourth-order valence-corrected chi connectivity index (χ4v) is 2.57. The van der Waals surface area contributed by atoms with Crippen molar-refractivity contribution in [3.8, 4) is 0 Å². The first kappa shape index (κ1) is 22.1. The Kier molecular flexibility index (Phi) is 6.45. The number of benzene rings is 2. The second-order valence-corrected chi connectivity index (χ2v) is 7.51. The topological polar surface area (TPSA) is 90.4 Å². The van der Waals surface area contributed by atoms with Crippen LogP contribution in [0.25, 0.3) is 0 Å². The maximum atomic E-state index is 13.4. The van der Waals surface area contributed by atoms with E-state index in [0.29, 0.717) is 11.4 Å². The number of anilines is 4. The highest BCUT2D eigenvalue weighted by atomic mass is 19.1. The van der Waals surface area contributed by atoms with Crippen molar-refractivity contribution in [3.05, 3.63) is 72.4 Å². The third-order valence-corrected chi connectivity index (χ3v) is 4.66. The number of hydrogen-bond acceptors (Lipinski definition) is 5. The molecule has 0 saturated heterocycles. The average molecular weight is 427 g/mol. The molecule has 0 aliphatic rings. The molecule has 31 heavy (non-hydrogen) atoms. The molecule has 1 heterocycles. The number of urea groups is 1. The third kappa shape index (κ3) is 5.73. The number of hydrogen-bond donors (Lipinski definition) is 3. The summed E-state index contributed by atoms with van der Waals surface area (Å²) < 4.78 is 26.6. The van der Waals surface area contributed by atoms with Crippen LogP contribution in [0.1, 0.15) is 20.8 Å². The molecule has 1 unspecified atom stereocenters. The molecule has 1 aromatic heterocycles. The number of amides is 2. The molecule has 2 amide bonds. The van der Waals surface area contributed by atoms with Crippen LogP contribution in [0.15, 0.2) is 60.8 Å². The molecule has 0 radical (unpaired) electrons. The zero-order valence-corrected chi connectivity index (χ0v) is 17.3. The molecule has 3 rings (SSSR count). The molecule has 0 aliphatic heterocycles. The molecule has 7 nitrogen and oxygen atoms in total. The van der Waals surface area contributed by atoms with E-state index in [1.165, 1.54) is 65.7 Å². The van der Waals surface area contributed by atoms with Gasteiger partial charge in [-0.15, -0.1) is 0 Å². The van der Waals surface area contributed by atoms with Gasteiger partial charge in [0.25, 0.3) is 0 Å². The first-order valence-electron chi connectivity index (χ1n) is 9.57. The van der Waals surface area contributed by atoms with E-state index in [2.05, 4.69) is 20.6 Å². The second-order valence-electron chi connectivity index (χ2n) is 7.51. The summed E-state index contributed by atoms with van der Waals surface area (Å²) in [6.45, 7) is 5.07.